The van der Waals surface area contributed by atoms with Crippen LogP contribution in [0.1, 0.15) is 124 Å². The number of Topliss-reactive ketones (excluding diaryl/α,β-unsaturated/α-hetero) is 1. The number of morpholine rings is 1. The van der Waals surface area contributed by atoms with Crippen LogP contribution in [0.4, 0.5) is 31.4 Å². The Morgan fingerprint density at radius 1 is 0.613 bits per heavy atom. The van der Waals surface area contributed by atoms with E-state index < -0.39 is 6.09 Å². The summed E-state index contributed by atoms with van der Waals surface area (Å²) in [4.78, 5) is 115. The number of hydrogen-bond donors (Lipinski definition) is 1. The molecule has 7 aromatic heterocycles. The van der Waals surface area contributed by atoms with Crippen molar-refractivity contribution >= 4 is 91.7 Å². The molecule has 15 rings (SSSR count). The van der Waals surface area contributed by atoms with Crippen molar-refractivity contribution in [1.29, 1.82) is 0 Å². The van der Waals surface area contributed by atoms with E-state index in [2.05, 4.69) is 69.5 Å². The van der Waals surface area contributed by atoms with Gasteiger partial charge in [-0.25, -0.2) is 49.3 Å². The van der Waals surface area contributed by atoms with Gasteiger partial charge in [0.2, 0.25) is 5.91 Å². The average Bonchev–Trinajstić information content (AvgIpc) is 1.59. The summed E-state index contributed by atoms with van der Waals surface area (Å²) < 4.78 is 30.8. The largest absolute Gasteiger partial charge is 0.452 e. The molecule has 556 valence electrons. The number of ether oxygens (including phenoxy) is 4. The fraction of sp³-hybridized carbons (Fsp3) is 0.455. The molecule has 0 spiro atoms. The summed E-state index contributed by atoms with van der Waals surface area (Å²) in [7, 11) is 4.23. The first-order chi connectivity index (χ1) is 51.5. The van der Waals surface area contributed by atoms with Crippen molar-refractivity contribution in [2.75, 3.05) is 68.9 Å². The number of anilines is 3. The lowest BCUT2D eigenvalue weighted by molar-refractivity contribution is -0.122. The van der Waals surface area contributed by atoms with Crippen molar-refractivity contribution in [1.82, 2.24) is 73.2 Å². The van der Waals surface area contributed by atoms with Gasteiger partial charge in [0, 0.05) is 142 Å². The molecule has 1 N–H and O–H groups in total. The van der Waals surface area contributed by atoms with Crippen LogP contribution in [0.3, 0.4) is 0 Å². The zero-order valence-electron chi connectivity index (χ0n) is 61.1. The molecule has 5 atom stereocenters. The number of imidazole rings is 3. The molecule has 4 aliphatic heterocycles. The molecule has 0 unspecified atom stereocenters. The topological polar surface area (TPSA) is 292 Å². The monoisotopic (exact) mass is 1460 g/mol. The molecular weight excluding hydrogens is 1370 g/mol. The lowest BCUT2D eigenvalue weighted by atomic mass is 9.83. The van der Waals surface area contributed by atoms with E-state index in [1.165, 1.54) is 33.7 Å². The number of pyridine rings is 1. The maximum Gasteiger partial charge on any atom is 0.414 e. The molecule has 29 heteroatoms. The first-order valence-corrected chi connectivity index (χ1v) is 36.9. The lowest BCUT2D eigenvalue weighted by Gasteiger charge is -2.34. The van der Waals surface area contributed by atoms with E-state index in [-0.39, 0.29) is 72.6 Å². The Hall–Kier alpha value is -10.5. The Labute approximate surface area is 619 Å². The minimum absolute atomic E-state index is 0.00788. The van der Waals surface area contributed by atoms with Gasteiger partial charge in [-0.1, -0.05) is 24.1 Å². The molecule has 5 aliphatic rings. The van der Waals surface area contributed by atoms with Crippen LogP contribution in [-0.2, 0) is 99.8 Å². The molecule has 106 heavy (non-hydrogen) atoms. The summed E-state index contributed by atoms with van der Waals surface area (Å²) in [5.41, 5.74) is 11.9. The predicted octanol–water partition coefficient (Wildman–Crippen LogP) is 10.5. The maximum atomic E-state index is 13.0. The summed E-state index contributed by atoms with van der Waals surface area (Å²) >= 11 is 6.00. The van der Waals surface area contributed by atoms with Crippen molar-refractivity contribution in [3.8, 4) is 0 Å². The number of nitrogens with one attached hydrogen (secondary N) is 1. The highest BCUT2D eigenvalue weighted by Crippen LogP contribution is 2.43. The van der Waals surface area contributed by atoms with Crippen molar-refractivity contribution in [2.45, 2.75) is 168 Å². The molecular formula is C77H91ClN18O10. The number of amides is 4. The van der Waals surface area contributed by atoms with Gasteiger partial charge in [0.25, 0.3) is 5.56 Å². The maximum absolute atomic E-state index is 13.0. The van der Waals surface area contributed by atoms with Gasteiger partial charge in [0.15, 0.2) is 0 Å². The minimum atomic E-state index is -0.412. The van der Waals surface area contributed by atoms with Crippen LogP contribution in [0.5, 0.6) is 0 Å². The van der Waals surface area contributed by atoms with E-state index in [4.69, 9.17) is 45.5 Å². The summed E-state index contributed by atoms with van der Waals surface area (Å²) in [6.45, 7) is 14.7. The highest BCUT2D eigenvalue weighted by molar-refractivity contribution is 6.30. The number of hydrogen-bond acceptors (Lipinski definition) is 19. The third kappa shape index (κ3) is 16.0. The number of methoxy groups -OCH3 is 3. The van der Waals surface area contributed by atoms with Crippen LogP contribution in [-0.4, -0.2) is 170 Å². The third-order valence-corrected chi connectivity index (χ3v) is 21.4. The first-order valence-electron chi connectivity index (χ1n) is 36.6. The SMILES string of the molecule is COC(=O)N1c2ccc3c(nc(CCn4ccccc4=O)n3CC(=O)NCc3ccncn3)c2CC[C@@H]1C.COC(=O)N1c2ccc3c(nc(CCn4cccn4)n3CCN3CCOCC3)c2CC[C@@H]1C.COC(=O)N1c2ccc3c(nc(Cc4ncc(Cl)cn4)n3[C@@H]3CCC[C@@H](C(C)=O)C3)c2CC[C@@H]1C. The highest BCUT2D eigenvalue weighted by Gasteiger charge is 2.37. The Kier molecular flexibility index (Phi) is 23.2. The standard InChI is InChI=1S/C27H29N7O4.C26H30ClN5O3.C24H32N6O3/c1-18-6-7-20-21(34(18)27(37)38-2)8-9-22-26(20)31-23(11-14-32-13-4-3-5-25(32)36)33(22)16-24(35)29-15-19-10-12-28-17-30-19;1-15-7-8-20-21(31(15)26(34)35-3)9-10-22-25(20)30-24(12-23-28-13-18(27)14-29-23)32(22)19-6-4-5-17(11-19)16(2)33;1-18-4-5-19-20(30(18)24(31)32-2)6-7-21-23(19)26-22(8-11-28-10-3-9-25-28)29(21)13-12-27-14-16-33-17-15-27/h3-5,8-10,12-13,17-18H,6-7,11,14-16H2,1-2H3,(H,29,35);9-10,13-15,17,19H,4-8,11-12H2,1-3H3;3,6-7,9-10,18H,4-5,8,11-17H2,1-2H3/t18-;15-,17+,19+;18-/m000/s1. The van der Waals surface area contributed by atoms with Crippen LogP contribution in [0.2, 0.25) is 5.02 Å². The van der Waals surface area contributed by atoms with E-state index in [9.17, 15) is 28.8 Å². The number of fused-ring (bicyclic) bond motifs is 9. The van der Waals surface area contributed by atoms with Gasteiger partial charge in [0.05, 0.1) is 108 Å². The van der Waals surface area contributed by atoms with E-state index in [1.54, 1.807) is 69.3 Å². The normalized spacial score (nSPS) is 18.6. The second-order valence-corrected chi connectivity index (χ2v) is 28.2. The van der Waals surface area contributed by atoms with Gasteiger partial charge in [-0.05, 0) is 140 Å². The van der Waals surface area contributed by atoms with Crippen molar-refractivity contribution in [3.05, 3.63) is 171 Å². The molecule has 1 saturated carbocycles. The van der Waals surface area contributed by atoms with E-state index in [0.717, 1.165) is 195 Å². The second kappa shape index (κ2) is 33.3. The predicted molar refractivity (Wildman–Crippen MR) is 400 cm³/mol. The number of rotatable bonds is 17. The highest BCUT2D eigenvalue weighted by atomic mass is 35.5. The quantitative estimate of drug-likeness (QED) is 0.0829. The fourth-order valence-electron chi connectivity index (χ4n) is 15.6. The summed E-state index contributed by atoms with van der Waals surface area (Å²) in [6.07, 6.45) is 21.1. The number of ketones is 1. The van der Waals surface area contributed by atoms with Crippen molar-refractivity contribution < 1.29 is 42.9 Å². The Morgan fingerprint density at radius 2 is 1.19 bits per heavy atom. The molecule has 1 saturated heterocycles. The van der Waals surface area contributed by atoms with Crippen LogP contribution < -0.4 is 25.6 Å². The molecule has 11 heterocycles. The molecule has 10 aromatic rings. The summed E-state index contributed by atoms with van der Waals surface area (Å²) in [5, 5.41) is 7.75. The molecule has 4 amide bonds. The number of nitrogens with zero attached hydrogens (tertiary/aromatic N) is 17. The van der Waals surface area contributed by atoms with E-state index in [0.29, 0.717) is 41.8 Å². The van der Waals surface area contributed by atoms with E-state index >= 15 is 0 Å². The summed E-state index contributed by atoms with van der Waals surface area (Å²) in [5.74, 6) is 3.39. The zero-order chi connectivity index (χ0) is 74.1. The Morgan fingerprint density at radius 3 is 1.75 bits per heavy atom. The van der Waals surface area contributed by atoms with Crippen LogP contribution in [0, 0.1) is 5.92 Å². The molecule has 0 radical (unpaired) electrons. The smallest absolute Gasteiger partial charge is 0.414 e. The number of aryl methyl sites for hydroxylation is 7. The average molecular weight is 1460 g/mol. The van der Waals surface area contributed by atoms with E-state index in [1.807, 2.05) is 59.6 Å². The second-order valence-electron chi connectivity index (χ2n) is 27.7. The number of halogens is 1. The molecule has 3 aromatic carbocycles. The van der Waals surface area contributed by atoms with Crippen LogP contribution in [0.25, 0.3) is 33.1 Å². The van der Waals surface area contributed by atoms with Crippen molar-refractivity contribution in [3.63, 3.8) is 0 Å². The number of benzene rings is 3. The molecule has 0 bridgehead atoms. The van der Waals surface area contributed by atoms with Gasteiger partial charge in [-0.3, -0.25) is 38.7 Å². The Bertz CT molecular complexity index is 4860. The van der Waals surface area contributed by atoms with Gasteiger partial charge < -0.3 is 42.5 Å². The summed E-state index contributed by atoms with van der Waals surface area (Å²) in [6, 6.07) is 21.1. The number of carbonyl (C=O) groups is 5. The number of carbonyl (C=O) groups excluding carboxylic acids is 5. The minimum Gasteiger partial charge on any atom is -0.452 e. The van der Waals surface area contributed by atoms with Gasteiger partial charge in [-0.15, -0.1) is 0 Å². The first kappa shape index (κ1) is 73.8. The van der Waals surface area contributed by atoms with Crippen LogP contribution >= 0.6 is 11.6 Å². The van der Waals surface area contributed by atoms with Crippen molar-refractivity contribution in [2.24, 2.45) is 5.92 Å². The zero-order valence-corrected chi connectivity index (χ0v) is 61.9. The van der Waals surface area contributed by atoms with Gasteiger partial charge >= 0.3 is 18.3 Å². The number of aromatic nitrogens is 13. The van der Waals surface area contributed by atoms with Gasteiger partial charge in [0.1, 0.15) is 42.0 Å². The molecule has 2 fully saturated rings. The Balaban J connectivity index is 0.000000141. The van der Waals surface area contributed by atoms with Gasteiger partial charge in [-0.2, -0.15) is 5.10 Å². The van der Waals surface area contributed by atoms with Crippen LogP contribution in [0.15, 0.2) is 115 Å². The lowest BCUT2D eigenvalue weighted by Crippen LogP contribution is -2.42. The third-order valence-electron chi connectivity index (χ3n) is 21.2. The molecule has 1 aliphatic carbocycles. The fourth-order valence-corrected chi connectivity index (χ4v) is 15.7. The molecule has 28 nitrogen and oxygen atoms in total.